The third kappa shape index (κ3) is 4.54. The van der Waals surface area contributed by atoms with E-state index in [-0.39, 0.29) is 7.92 Å². The summed E-state index contributed by atoms with van der Waals surface area (Å²) in [4.78, 5) is 0. The molecule has 150 valence electrons. The third-order valence-electron chi connectivity index (χ3n) is 5.82. The number of hydrogen-bond donors (Lipinski definition) is 0. The van der Waals surface area contributed by atoms with Crippen LogP contribution < -0.4 is 11.0 Å². The van der Waals surface area contributed by atoms with Crippen LogP contribution in [0.15, 0.2) is 45.6 Å². The van der Waals surface area contributed by atoms with E-state index in [2.05, 4.69) is 60.6 Å². The Balaban J connectivity index is 1.95. The molecule has 2 nitrogen and oxygen atoms in total. The maximum atomic E-state index is 5.93. The van der Waals surface area contributed by atoms with Gasteiger partial charge >= 0.3 is 0 Å². The lowest BCUT2D eigenvalue weighted by Gasteiger charge is -2.48. The lowest BCUT2D eigenvalue weighted by molar-refractivity contribution is 0.522. The van der Waals surface area contributed by atoms with E-state index in [0.29, 0.717) is 16.0 Å². The first-order valence-corrected chi connectivity index (χ1v) is 13.1. The Bertz CT molecular complexity index is 644. The number of hydrogen-bond acceptors (Lipinski definition) is 2. The highest BCUT2D eigenvalue weighted by Crippen LogP contribution is 2.67. The van der Waals surface area contributed by atoms with Gasteiger partial charge in [-0.05, 0) is 64.7 Å². The first-order chi connectivity index (χ1) is 12.6. The zero-order chi connectivity index (χ0) is 19.8. The van der Waals surface area contributed by atoms with Crippen LogP contribution in [0.3, 0.4) is 0 Å². The van der Waals surface area contributed by atoms with Crippen molar-refractivity contribution in [2.75, 3.05) is 0 Å². The van der Waals surface area contributed by atoms with Gasteiger partial charge in [0.2, 0.25) is 0 Å². The average Bonchev–Trinajstić information content (AvgIpc) is 3.28. The molecule has 0 amide bonds. The molecule has 0 aliphatic heterocycles. The molecule has 1 aliphatic rings. The topological polar surface area (TPSA) is 26.3 Å². The normalized spacial score (nSPS) is 22.7. The molecule has 2 aromatic heterocycles. The molecular formula is C23H36O2P2. The summed E-state index contributed by atoms with van der Waals surface area (Å²) in [7, 11) is -0.701. The molecule has 3 atom stereocenters. The van der Waals surface area contributed by atoms with E-state index in [1.165, 1.54) is 19.3 Å². The van der Waals surface area contributed by atoms with Gasteiger partial charge in [-0.2, -0.15) is 0 Å². The minimum absolute atomic E-state index is 0.132. The van der Waals surface area contributed by atoms with Crippen molar-refractivity contribution in [1.82, 2.24) is 0 Å². The lowest BCUT2D eigenvalue weighted by atomic mass is 10.0. The fourth-order valence-corrected chi connectivity index (χ4v) is 13.8. The number of rotatable bonds is 5. The SMILES string of the molecule is CC(C1CCCC1P(c1ccco1)c1ccco1)P(C(C)(C)C)C(C)(C)C. The molecule has 0 N–H and O–H groups in total. The van der Waals surface area contributed by atoms with Crippen LogP contribution in [0.1, 0.15) is 67.7 Å². The van der Waals surface area contributed by atoms with Gasteiger partial charge in [-0.3, -0.25) is 0 Å². The molecule has 2 aromatic rings. The summed E-state index contributed by atoms with van der Waals surface area (Å²) in [6.07, 6.45) is 7.60. The summed E-state index contributed by atoms with van der Waals surface area (Å²) < 4.78 is 11.9. The lowest BCUT2D eigenvalue weighted by Crippen LogP contribution is -2.37. The predicted octanol–water partition coefficient (Wildman–Crippen LogP) is 6.94. The summed E-state index contributed by atoms with van der Waals surface area (Å²) >= 11 is 0. The molecule has 3 rings (SSSR count). The molecule has 27 heavy (non-hydrogen) atoms. The van der Waals surface area contributed by atoms with Crippen LogP contribution in [0.2, 0.25) is 0 Å². The largest absolute Gasteiger partial charge is 0.464 e. The van der Waals surface area contributed by atoms with Crippen molar-refractivity contribution in [2.24, 2.45) is 5.92 Å². The van der Waals surface area contributed by atoms with E-state index in [1.54, 1.807) is 0 Å². The van der Waals surface area contributed by atoms with Crippen molar-refractivity contribution in [3.05, 3.63) is 36.8 Å². The molecular weight excluding hydrogens is 370 g/mol. The fourth-order valence-electron chi connectivity index (χ4n) is 5.52. The van der Waals surface area contributed by atoms with E-state index in [4.69, 9.17) is 8.83 Å². The Morgan fingerprint density at radius 2 is 1.41 bits per heavy atom. The Morgan fingerprint density at radius 1 is 0.889 bits per heavy atom. The van der Waals surface area contributed by atoms with Gasteiger partial charge in [0.1, 0.15) is 11.0 Å². The molecule has 0 bridgehead atoms. The van der Waals surface area contributed by atoms with E-state index < -0.39 is 7.92 Å². The monoisotopic (exact) mass is 406 g/mol. The maximum absolute atomic E-state index is 5.93. The van der Waals surface area contributed by atoms with Crippen LogP contribution in [-0.4, -0.2) is 21.6 Å². The van der Waals surface area contributed by atoms with Crippen LogP contribution in [0.25, 0.3) is 0 Å². The quantitative estimate of drug-likeness (QED) is 0.503. The summed E-state index contributed by atoms with van der Waals surface area (Å²) in [6.45, 7) is 17.2. The van der Waals surface area contributed by atoms with Gasteiger partial charge in [-0.15, -0.1) is 0 Å². The molecule has 1 aliphatic carbocycles. The molecule has 2 heterocycles. The van der Waals surface area contributed by atoms with Gasteiger partial charge in [0, 0.05) is 7.92 Å². The van der Waals surface area contributed by atoms with Crippen molar-refractivity contribution in [3.8, 4) is 0 Å². The van der Waals surface area contributed by atoms with Crippen LogP contribution in [0.4, 0.5) is 0 Å². The van der Waals surface area contributed by atoms with E-state index in [0.717, 1.165) is 22.6 Å². The van der Waals surface area contributed by atoms with Crippen LogP contribution in [0.5, 0.6) is 0 Å². The first-order valence-electron chi connectivity index (χ1n) is 10.3. The Labute approximate surface area is 168 Å². The Morgan fingerprint density at radius 3 is 1.81 bits per heavy atom. The Hall–Kier alpha value is -0.580. The zero-order valence-electron chi connectivity index (χ0n) is 18.0. The average molecular weight is 406 g/mol. The molecule has 0 radical (unpaired) electrons. The predicted molar refractivity (Wildman–Crippen MR) is 121 cm³/mol. The molecule has 0 aromatic carbocycles. The standard InChI is InChI=1S/C23H36O2P2/c1-17(27(22(2,3)4)23(5,6)7)18-11-8-12-19(18)26(20-13-9-15-24-20)21-14-10-16-25-21/h9-10,13-19H,8,11-12H2,1-7H3. The smallest absolute Gasteiger partial charge is 0.133 e. The van der Waals surface area contributed by atoms with Crippen LogP contribution >= 0.6 is 15.8 Å². The molecule has 1 saturated carbocycles. The molecule has 0 saturated heterocycles. The highest BCUT2D eigenvalue weighted by Gasteiger charge is 2.47. The van der Waals surface area contributed by atoms with Crippen LogP contribution in [0, 0.1) is 5.92 Å². The molecule has 4 heteroatoms. The fraction of sp³-hybridized carbons (Fsp3) is 0.652. The molecule has 3 unspecified atom stereocenters. The Kier molecular flexibility index (Phi) is 6.29. The van der Waals surface area contributed by atoms with E-state index in [1.807, 2.05) is 24.7 Å². The molecule has 0 spiro atoms. The van der Waals surface area contributed by atoms with Gasteiger partial charge in [0.05, 0.1) is 12.5 Å². The van der Waals surface area contributed by atoms with Gasteiger partial charge < -0.3 is 8.83 Å². The second-order valence-corrected chi connectivity index (χ2v) is 16.4. The minimum atomic E-state index is -0.569. The van der Waals surface area contributed by atoms with E-state index >= 15 is 0 Å². The van der Waals surface area contributed by atoms with Crippen molar-refractivity contribution in [1.29, 1.82) is 0 Å². The summed E-state index contributed by atoms with van der Waals surface area (Å²) in [5, 5.41) is 0.719. The highest BCUT2D eigenvalue weighted by atomic mass is 31.1. The zero-order valence-corrected chi connectivity index (χ0v) is 19.8. The van der Waals surface area contributed by atoms with Gasteiger partial charge in [-0.25, -0.2) is 0 Å². The number of furan rings is 2. The second-order valence-electron chi connectivity index (χ2n) is 9.89. The second kappa shape index (κ2) is 8.04. The maximum Gasteiger partial charge on any atom is 0.133 e. The van der Waals surface area contributed by atoms with Gasteiger partial charge in [-0.1, -0.05) is 62.8 Å². The highest BCUT2D eigenvalue weighted by molar-refractivity contribution is 7.73. The third-order valence-corrected chi connectivity index (χ3v) is 12.7. The molecule has 1 fully saturated rings. The summed E-state index contributed by atoms with van der Waals surface area (Å²) in [6, 6.07) is 8.37. The van der Waals surface area contributed by atoms with Crippen molar-refractivity contribution >= 4 is 26.8 Å². The van der Waals surface area contributed by atoms with Gasteiger partial charge in [0.15, 0.2) is 0 Å². The van der Waals surface area contributed by atoms with Crippen LogP contribution in [-0.2, 0) is 0 Å². The van der Waals surface area contributed by atoms with Crippen molar-refractivity contribution < 1.29 is 8.83 Å². The van der Waals surface area contributed by atoms with E-state index in [9.17, 15) is 0 Å². The minimum Gasteiger partial charge on any atom is -0.464 e. The first kappa shape index (κ1) is 21.1. The van der Waals surface area contributed by atoms with Crippen molar-refractivity contribution in [2.45, 2.75) is 89.4 Å². The van der Waals surface area contributed by atoms with Gasteiger partial charge in [0.25, 0.3) is 0 Å². The summed E-state index contributed by atoms with van der Waals surface area (Å²) in [5.41, 5.74) is 3.64. The van der Waals surface area contributed by atoms with Crippen molar-refractivity contribution in [3.63, 3.8) is 0 Å². The summed E-state index contributed by atoms with van der Waals surface area (Å²) in [5.74, 6) is 0.746.